The lowest BCUT2D eigenvalue weighted by molar-refractivity contribution is -0.143. The van der Waals surface area contributed by atoms with Crippen LogP contribution in [0.5, 0.6) is 17.6 Å². The number of benzene rings is 2. The van der Waals surface area contributed by atoms with Crippen LogP contribution in [0.3, 0.4) is 0 Å². The minimum absolute atomic E-state index is 0.1000. The Hall–Kier alpha value is -4.42. The van der Waals surface area contributed by atoms with Gasteiger partial charge in [0.1, 0.15) is 11.1 Å². The van der Waals surface area contributed by atoms with E-state index in [0.29, 0.717) is 66.0 Å². The molecule has 1 amide bonds. The number of carbonyl (C=O) groups is 2. The van der Waals surface area contributed by atoms with Gasteiger partial charge in [0.2, 0.25) is 23.5 Å². The minimum atomic E-state index is -0.724. The van der Waals surface area contributed by atoms with E-state index in [-0.39, 0.29) is 29.4 Å². The fourth-order valence-electron chi connectivity index (χ4n) is 8.51. The summed E-state index contributed by atoms with van der Waals surface area (Å²) >= 11 is 14.0. The lowest BCUT2D eigenvalue weighted by Crippen LogP contribution is -2.35. The minimum Gasteiger partial charge on any atom is -0.481 e. The van der Waals surface area contributed by atoms with Crippen molar-refractivity contribution in [3.05, 3.63) is 86.9 Å². The molecule has 3 N–H and O–H groups in total. The Bertz CT molecular complexity index is 2110. The Morgan fingerprint density at radius 3 is 2.44 bits per heavy atom. The van der Waals surface area contributed by atoms with Crippen LogP contribution in [0.25, 0.3) is 22.4 Å². The van der Waals surface area contributed by atoms with Crippen LogP contribution < -0.4 is 24.8 Å². The summed E-state index contributed by atoms with van der Waals surface area (Å²) in [5.41, 5.74) is 7.25. The largest absolute Gasteiger partial charge is 0.481 e. The zero-order valence-electron chi connectivity index (χ0n) is 30.3. The monoisotopic (exact) mass is 771 g/mol. The molecule has 4 aliphatic rings. The van der Waals surface area contributed by atoms with Crippen molar-refractivity contribution in [2.45, 2.75) is 63.8 Å². The number of aliphatic carboxylic acids is 1. The van der Waals surface area contributed by atoms with Gasteiger partial charge in [0, 0.05) is 67.4 Å². The van der Waals surface area contributed by atoms with E-state index >= 15 is 0 Å². The van der Waals surface area contributed by atoms with Crippen LogP contribution in [0.15, 0.2) is 54.6 Å². The van der Waals surface area contributed by atoms with E-state index in [1.807, 2.05) is 42.5 Å². The fourth-order valence-corrected chi connectivity index (χ4v) is 9.06. The number of aromatic nitrogens is 2. The molecule has 2 aliphatic carbocycles. The molecule has 3 atom stereocenters. The van der Waals surface area contributed by atoms with Gasteiger partial charge in [-0.05, 0) is 66.3 Å². The normalized spacial score (nSPS) is 21.3. The summed E-state index contributed by atoms with van der Waals surface area (Å²) in [5, 5.41) is 17.1. The highest BCUT2D eigenvalue weighted by Gasteiger charge is 2.57. The van der Waals surface area contributed by atoms with Gasteiger partial charge in [0.15, 0.2) is 0 Å². The molecule has 1 unspecified atom stereocenters. The molecule has 13 heteroatoms. The maximum atomic E-state index is 11.9. The van der Waals surface area contributed by atoms with Gasteiger partial charge in [0.05, 0.1) is 30.9 Å². The first-order valence-corrected chi connectivity index (χ1v) is 19.2. The number of carboxylic acid groups (broad SMARTS) is 1. The molecule has 282 valence electrons. The molecule has 2 aliphatic heterocycles. The number of methoxy groups -OCH3 is 2. The van der Waals surface area contributed by atoms with Crippen molar-refractivity contribution in [2.75, 3.05) is 33.9 Å². The molecule has 2 saturated heterocycles. The van der Waals surface area contributed by atoms with Crippen molar-refractivity contribution >= 4 is 35.1 Å². The van der Waals surface area contributed by atoms with Crippen LogP contribution in [-0.2, 0) is 29.1 Å². The number of halogens is 2. The number of hydrogen-bond acceptors (Lipinski definition) is 9. The maximum absolute atomic E-state index is 11.9. The number of fused-ring (bicyclic) bond motifs is 1. The second-order valence-electron chi connectivity index (χ2n) is 14.9. The van der Waals surface area contributed by atoms with Crippen LogP contribution in [0.1, 0.15) is 60.5 Å². The molecule has 54 heavy (non-hydrogen) atoms. The van der Waals surface area contributed by atoms with Crippen molar-refractivity contribution in [3.8, 4) is 40.0 Å². The van der Waals surface area contributed by atoms with Gasteiger partial charge in [-0.3, -0.25) is 14.5 Å². The smallest absolute Gasteiger partial charge is 0.308 e. The van der Waals surface area contributed by atoms with Crippen molar-refractivity contribution in [1.82, 2.24) is 25.5 Å². The number of nitrogens with zero attached hydrogens (tertiary/aromatic N) is 3. The molecule has 11 nitrogen and oxygen atoms in total. The van der Waals surface area contributed by atoms with Crippen LogP contribution in [0.4, 0.5) is 0 Å². The van der Waals surface area contributed by atoms with E-state index in [1.165, 1.54) is 0 Å². The van der Waals surface area contributed by atoms with Crippen molar-refractivity contribution in [3.63, 3.8) is 0 Å². The van der Waals surface area contributed by atoms with Crippen LogP contribution >= 0.6 is 23.2 Å². The lowest BCUT2D eigenvalue weighted by Gasteiger charge is -2.20. The number of pyridine rings is 2. The Labute approximate surface area is 324 Å². The Balaban J connectivity index is 0.989. The predicted octanol–water partition coefficient (Wildman–Crippen LogP) is 6.87. The van der Waals surface area contributed by atoms with Gasteiger partial charge in [-0.15, -0.1) is 0 Å². The maximum Gasteiger partial charge on any atom is 0.308 e. The Morgan fingerprint density at radius 1 is 0.963 bits per heavy atom. The molecule has 8 rings (SSSR count). The third-order valence-corrected chi connectivity index (χ3v) is 12.1. The molecule has 2 aromatic carbocycles. The second kappa shape index (κ2) is 15.0. The Kier molecular flexibility index (Phi) is 10.2. The van der Waals surface area contributed by atoms with Crippen LogP contribution in [0.2, 0.25) is 10.0 Å². The van der Waals surface area contributed by atoms with Gasteiger partial charge in [0.25, 0.3) is 0 Å². The molecule has 1 spiro atoms. The van der Waals surface area contributed by atoms with Gasteiger partial charge in [-0.25, -0.2) is 4.98 Å². The van der Waals surface area contributed by atoms with Crippen LogP contribution in [0, 0.1) is 11.3 Å². The third-order valence-electron chi connectivity index (χ3n) is 11.4. The van der Waals surface area contributed by atoms with Crippen molar-refractivity contribution in [2.24, 2.45) is 11.3 Å². The van der Waals surface area contributed by atoms with E-state index in [0.717, 1.165) is 77.6 Å². The molecular formula is C41H43Cl2N5O6. The van der Waals surface area contributed by atoms with Gasteiger partial charge in [-0.1, -0.05) is 65.7 Å². The summed E-state index contributed by atoms with van der Waals surface area (Å²) in [7, 11) is 3.18. The molecule has 2 aromatic heterocycles. The van der Waals surface area contributed by atoms with Gasteiger partial charge in [-0.2, -0.15) is 4.98 Å². The summed E-state index contributed by atoms with van der Waals surface area (Å²) in [5.74, 6) is 0.263. The van der Waals surface area contributed by atoms with Crippen molar-refractivity contribution in [1.29, 1.82) is 0 Å². The molecule has 0 radical (unpaired) electrons. The average molecular weight is 773 g/mol. The first kappa shape index (κ1) is 36.6. The highest BCUT2D eigenvalue weighted by molar-refractivity contribution is 6.36. The zero-order valence-corrected chi connectivity index (χ0v) is 31.8. The number of hydrogen-bond donors (Lipinski definition) is 3. The first-order valence-electron chi connectivity index (χ1n) is 18.5. The zero-order chi connectivity index (χ0) is 37.6. The topological polar surface area (TPSA) is 135 Å². The number of carbonyl (C=O) groups excluding carboxylic acids is 1. The molecule has 4 heterocycles. The Morgan fingerprint density at radius 2 is 1.72 bits per heavy atom. The average Bonchev–Trinajstić information content (AvgIpc) is 3.43. The van der Waals surface area contributed by atoms with E-state index in [1.54, 1.807) is 14.2 Å². The number of ether oxygens (including phenoxy) is 3. The first-order chi connectivity index (χ1) is 26.2. The lowest BCUT2D eigenvalue weighted by atomic mass is 9.93. The number of amides is 1. The van der Waals surface area contributed by atoms with Crippen molar-refractivity contribution < 1.29 is 28.9 Å². The molecule has 0 bridgehead atoms. The SMILES string of the molecule is COc1nc(-c2cccc(-c3cccc4c3CC[C@@H]4Oc3nc(OC)c(CN4CC(C(=O)O)C5(CC5)C4)cc3Cl)c2Cl)ccc1CNC[C@@H]1CCC(=O)N1. The highest BCUT2D eigenvalue weighted by Crippen LogP contribution is 2.56. The summed E-state index contributed by atoms with van der Waals surface area (Å²) < 4.78 is 17.9. The fraction of sp³-hybridized carbons (Fsp3) is 0.415. The number of nitrogens with one attached hydrogen (secondary N) is 2. The number of rotatable bonds is 13. The number of carboxylic acids is 1. The summed E-state index contributed by atoms with van der Waals surface area (Å²) in [6, 6.07) is 18.1. The standard InChI is InChI=1S/C41H43Cl2N5O6/c1-52-37-23(18-44-19-25-10-14-35(49)45-25)9-12-33(46-37)30-8-4-7-29(36(30)43)26-5-3-6-28-27(26)11-13-34(28)54-39-32(42)17-24(38(47-39)53-2)20-48-21-31(40(50)51)41(22-48)15-16-41/h3-9,12,17,25,31,34,44H,10-11,13-16,18-22H2,1-2H3,(H,45,49)(H,50,51)/t25-,31?,34-/m0/s1. The molecule has 3 fully saturated rings. The quantitative estimate of drug-likeness (QED) is 0.132. The third kappa shape index (κ3) is 7.10. The van der Waals surface area contributed by atoms with Gasteiger partial charge < -0.3 is 30.0 Å². The summed E-state index contributed by atoms with van der Waals surface area (Å²) in [4.78, 5) is 35.1. The van der Waals surface area contributed by atoms with E-state index in [2.05, 4.69) is 27.7 Å². The number of likely N-dealkylation sites (tertiary alicyclic amines) is 1. The van der Waals surface area contributed by atoms with Gasteiger partial charge >= 0.3 is 5.97 Å². The van der Waals surface area contributed by atoms with E-state index < -0.39 is 5.97 Å². The predicted molar refractivity (Wildman–Crippen MR) is 205 cm³/mol. The second-order valence-corrected chi connectivity index (χ2v) is 15.6. The molecular weight excluding hydrogens is 729 g/mol. The molecule has 1 saturated carbocycles. The summed E-state index contributed by atoms with van der Waals surface area (Å²) in [6.07, 6.45) is 4.56. The highest BCUT2D eigenvalue weighted by atomic mass is 35.5. The summed E-state index contributed by atoms with van der Waals surface area (Å²) in [6.45, 7) is 2.99. The van der Waals surface area contributed by atoms with Crippen LogP contribution in [-0.4, -0.2) is 71.7 Å². The van der Waals surface area contributed by atoms with E-state index in [4.69, 9.17) is 47.4 Å². The molecule has 4 aromatic rings. The van der Waals surface area contributed by atoms with E-state index in [9.17, 15) is 14.7 Å².